The van der Waals surface area contributed by atoms with Gasteiger partial charge in [0.25, 0.3) is 0 Å². The molecule has 0 radical (unpaired) electrons. The van der Waals surface area contributed by atoms with E-state index >= 15 is 0 Å². The van der Waals surface area contributed by atoms with Gasteiger partial charge in [-0.05, 0) is 12.5 Å². The number of halogens is 1. The summed E-state index contributed by atoms with van der Waals surface area (Å²) in [5.41, 5.74) is 0. The minimum atomic E-state index is 0.599. The zero-order valence-electron chi connectivity index (χ0n) is 4.45. The van der Waals surface area contributed by atoms with Gasteiger partial charge >= 0.3 is 0 Å². The zero-order chi connectivity index (χ0) is 5.70. The average Bonchev–Trinajstić information content (AvgIpc) is 1.61. The van der Waals surface area contributed by atoms with Crippen LogP contribution in [0.25, 0.3) is 0 Å². The summed E-state index contributed by atoms with van der Waals surface area (Å²) in [5, 5.41) is 0.599. The molecule has 0 fully saturated rings. The van der Waals surface area contributed by atoms with Gasteiger partial charge in [0.05, 0.1) is 0 Å². The third-order valence-corrected chi connectivity index (χ3v) is 0.660. The summed E-state index contributed by atoms with van der Waals surface area (Å²) in [4.78, 5) is 0. The summed E-state index contributed by atoms with van der Waals surface area (Å²) in [7, 11) is 0. The van der Waals surface area contributed by atoms with Gasteiger partial charge in [0, 0.05) is 5.03 Å². The molecule has 1 heteroatoms. The molecule has 0 nitrogen and oxygen atoms in total. The molecule has 0 aliphatic rings. The van der Waals surface area contributed by atoms with Crippen molar-refractivity contribution in [2.75, 3.05) is 0 Å². The molecule has 0 rings (SSSR count). The zero-order valence-corrected chi connectivity index (χ0v) is 5.20. The number of hydrogen-bond acceptors (Lipinski definition) is 0. The lowest BCUT2D eigenvalue weighted by atomic mass is 10.4. The van der Waals surface area contributed by atoms with Gasteiger partial charge in [-0.3, -0.25) is 0 Å². The van der Waals surface area contributed by atoms with E-state index in [9.17, 15) is 0 Å². The van der Waals surface area contributed by atoms with E-state index in [2.05, 4.69) is 13.5 Å². The second-order valence-corrected chi connectivity index (χ2v) is 1.74. The van der Waals surface area contributed by atoms with Crippen LogP contribution in [0, 0.1) is 0 Å². The number of rotatable bonds is 2. The quantitative estimate of drug-likeness (QED) is 0.487. The molecule has 0 N–H and O–H groups in total. The van der Waals surface area contributed by atoms with E-state index in [1.54, 1.807) is 6.08 Å². The smallest absolute Gasteiger partial charge is 0.0331 e. The van der Waals surface area contributed by atoms with Gasteiger partial charge in [0.15, 0.2) is 0 Å². The van der Waals surface area contributed by atoms with Gasteiger partial charge in [-0.15, -0.1) is 0 Å². The lowest BCUT2D eigenvalue weighted by Crippen LogP contribution is -1.54. The summed E-state index contributed by atoms with van der Waals surface area (Å²) in [5.74, 6) is 0. The Balaban J connectivity index is 3.26. The maximum atomic E-state index is 5.38. The Bertz CT molecular complexity index is 82.2. The molecule has 0 spiro atoms. The van der Waals surface area contributed by atoms with Crippen LogP contribution in [0.2, 0.25) is 0 Å². The molecule has 0 saturated carbocycles. The summed E-state index contributed by atoms with van der Waals surface area (Å²) < 4.78 is 0. The van der Waals surface area contributed by atoms with Gasteiger partial charge < -0.3 is 0 Å². The topological polar surface area (TPSA) is 0 Å². The predicted molar refractivity (Wildman–Crippen MR) is 34.4 cm³/mol. The molecule has 0 unspecified atom stereocenters. The minimum absolute atomic E-state index is 0.599. The van der Waals surface area contributed by atoms with Gasteiger partial charge in [-0.2, -0.15) is 0 Å². The molecule has 0 aliphatic carbocycles. The van der Waals surface area contributed by atoms with Gasteiger partial charge in [-0.25, -0.2) is 0 Å². The number of hydrogen-bond donors (Lipinski definition) is 0. The van der Waals surface area contributed by atoms with Crippen LogP contribution in [-0.4, -0.2) is 0 Å². The minimum Gasteiger partial charge on any atom is -0.0850 e. The Morgan fingerprint density at radius 1 is 1.86 bits per heavy atom. The lowest BCUT2D eigenvalue weighted by molar-refractivity contribution is 1.22. The Kier molecular flexibility index (Phi) is 3.81. The molecule has 0 aromatic carbocycles. The third kappa shape index (κ3) is 5.77. The monoisotopic (exact) mass is 116 g/mol. The van der Waals surface area contributed by atoms with Crippen LogP contribution in [0.1, 0.15) is 13.3 Å². The maximum Gasteiger partial charge on any atom is 0.0331 e. The van der Waals surface area contributed by atoms with Crippen molar-refractivity contribution in [1.29, 1.82) is 0 Å². The first-order valence-electron chi connectivity index (χ1n) is 2.28. The van der Waals surface area contributed by atoms with Crippen molar-refractivity contribution in [2.24, 2.45) is 0 Å². The molecule has 0 heterocycles. The van der Waals surface area contributed by atoms with Crippen LogP contribution < -0.4 is 0 Å². The highest BCUT2D eigenvalue weighted by Crippen LogP contribution is 1.97. The highest BCUT2D eigenvalue weighted by molar-refractivity contribution is 6.30. The first-order valence-corrected chi connectivity index (χ1v) is 2.66. The fourth-order valence-electron chi connectivity index (χ4n) is 0.246. The Labute approximate surface area is 49.5 Å². The van der Waals surface area contributed by atoms with Gasteiger partial charge in [-0.1, -0.05) is 31.2 Å². The van der Waals surface area contributed by atoms with E-state index in [1.165, 1.54) is 0 Å². The normalized spacial score (nSPS) is 10.0. The molecule has 0 aliphatic heterocycles. The van der Waals surface area contributed by atoms with E-state index in [0.29, 0.717) is 5.03 Å². The summed E-state index contributed by atoms with van der Waals surface area (Å²) in [6.07, 6.45) is 4.78. The van der Waals surface area contributed by atoms with Crippen LogP contribution in [-0.2, 0) is 0 Å². The average molecular weight is 117 g/mol. The van der Waals surface area contributed by atoms with E-state index in [0.717, 1.165) is 6.42 Å². The van der Waals surface area contributed by atoms with Crippen molar-refractivity contribution in [3.8, 4) is 0 Å². The molecule has 40 valence electrons. The highest BCUT2D eigenvalue weighted by Gasteiger charge is 1.70. The lowest BCUT2D eigenvalue weighted by Gasteiger charge is -1.77. The van der Waals surface area contributed by atoms with Crippen LogP contribution in [0.15, 0.2) is 23.8 Å². The SMILES string of the molecule is C=C(Cl)C=CCC. The van der Waals surface area contributed by atoms with Crippen molar-refractivity contribution in [3.05, 3.63) is 23.8 Å². The largest absolute Gasteiger partial charge is 0.0850 e. The van der Waals surface area contributed by atoms with Crippen LogP contribution >= 0.6 is 11.6 Å². The maximum absolute atomic E-state index is 5.38. The van der Waals surface area contributed by atoms with E-state index < -0.39 is 0 Å². The molecule has 0 saturated heterocycles. The van der Waals surface area contributed by atoms with Crippen molar-refractivity contribution in [3.63, 3.8) is 0 Å². The molecule has 7 heavy (non-hydrogen) atoms. The molecule has 0 aromatic heterocycles. The fraction of sp³-hybridized carbons (Fsp3) is 0.333. The third-order valence-electron chi connectivity index (χ3n) is 0.534. The van der Waals surface area contributed by atoms with E-state index in [-0.39, 0.29) is 0 Å². The molecular weight excluding hydrogens is 108 g/mol. The number of allylic oxidation sites excluding steroid dienone is 3. The van der Waals surface area contributed by atoms with Gasteiger partial charge in [0.2, 0.25) is 0 Å². The van der Waals surface area contributed by atoms with Crippen LogP contribution in [0.4, 0.5) is 0 Å². The van der Waals surface area contributed by atoms with Gasteiger partial charge in [0.1, 0.15) is 0 Å². The predicted octanol–water partition coefficient (Wildman–Crippen LogP) is 2.71. The first-order chi connectivity index (χ1) is 3.27. The molecule has 0 atom stereocenters. The molecular formula is C6H9Cl. The van der Waals surface area contributed by atoms with E-state index in [4.69, 9.17) is 11.6 Å². The highest BCUT2D eigenvalue weighted by atomic mass is 35.5. The van der Waals surface area contributed by atoms with E-state index in [1.807, 2.05) is 6.08 Å². The second kappa shape index (κ2) is 3.94. The van der Waals surface area contributed by atoms with Crippen LogP contribution in [0.5, 0.6) is 0 Å². The van der Waals surface area contributed by atoms with Crippen molar-refractivity contribution < 1.29 is 0 Å². The Morgan fingerprint density at radius 2 is 2.43 bits per heavy atom. The Morgan fingerprint density at radius 3 is 2.57 bits per heavy atom. The molecule has 0 aromatic rings. The standard InChI is InChI=1S/C6H9Cl/c1-3-4-5-6(2)7/h4-5H,2-3H2,1H3. The van der Waals surface area contributed by atoms with Crippen molar-refractivity contribution in [1.82, 2.24) is 0 Å². The summed E-state index contributed by atoms with van der Waals surface area (Å²) in [6, 6.07) is 0. The summed E-state index contributed by atoms with van der Waals surface area (Å²) >= 11 is 5.38. The Hall–Kier alpha value is -0.230. The van der Waals surface area contributed by atoms with Crippen molar-refractivity contribution >= 4 is 11.6 Å². The molecule has 0 bridgehead atoms. The summed E-state index contributed by atoms with van der Waals surface area (Å²) in [6.45, 7) is 5.52. The van der Waals surface area contributed by atoms with Crippen molar-refractivity contribution in [2.45, 2.75) is 13.3 Å². The van der Waals surface area contributed by atoms with Crippen LogP contribution in [0.3, 0.4) is 0 Å². The fourth-order valence-corrected chi connectivity index (χ4v) is 0.335. The second-order valence-electron chi connectivity index (χ2n) is 1.26. The molecule has 0 amide bonds. The first kappa shape index (κ1) is 6.77.